The van der Waals surface area contributed by atoms with Gasteiger partial charge in [-0.3, -0.25) is 4.79 Å². The Hall–Kier alpha value is -1.66. The van der Waals surface area contributed by atoms with Crippen molar-refractivity contribution in [1.82, 2.24) is 4.72 Å². The number of halogens is 2. The van der Waals surface area contributed by atoms with Crippen LogP contribution in [-0.4, -0.2) is 19.7 Å². The number of hydrogen-bond acceptors (Lipinski definition) is 3. The molecule has 2 aromatic rings. The number of rotatable bonds is 8. The minimum Gasteiger partial charge on any atom is -0.279 e. The summed E-state index contributed by atoms with van der Waals surface area (Å²) in [4.78, 5) is 11.7. The van der Waals surface area contributed by atoms with E-state index in [9.17, 15) is 13.2 Å². The maximum atomic E-state index is 12.7. The number of nitrogens with one attached hydrogen (secondary N) is 1. The average Bonchev–Trinajstić information content (AvgIpc) is 2.57. The highest BCUT2D eigenvalue weighted by atomic mass is 35.5. The molecule has 0 amide bonds. The molecule has 0 aliphatic carbocycles. The molecule has 0 aromatic heterocycles. The number of carbonyl (C=O) groups excluding carboxylic acids is 1. The molecule has 2 atom stereocenters. The first-order valence-electron chi connectivity index (χ1n) is 7.46. The van der Waals surface area contributed by atoms with Crippen molar-refractivity contribution in [3.05, 3.63) is 83.4 Å². The van der Waals surface area contributed by atoms with Crippen molar-refractivity contribution >= 4 is 38.5 Å². The van der Waals surface area contributed by atoms with Crippen LogP contribution in [0.15, 0.2) is 67.3 Å². The quantitative estimate of drug-likeness (QED) is 0.543. The van der Waals surface area contributed by atoms with Crippen LogP contribution in [0.4, 0.5) is 0 Å². The third kappa shape index (κ3) is 5.41. The fourth-order valence-corrected chi connectivity index (χ4v) is 4.21. The van der Waals surface area contributed by atoms with E-state index in [1.807, 2.05) is 6.07 Å². The largest absolute Gasteiger partial charge is 0.279 e. The van der Waals surface area contributed by atoms with Gasteiger partial charge in [-0.1, -0.05) is 60.1 Å². The van der Waals surface area contributed by atoms with Crippen LogP contribution in [0, 0.1) is 0 Å². The van der Waals surface area contributed by atoms with Gasteiger partial charge in [0.05, 0.1) is 6.04 Å². The first-order valence-corrected chi connectivity index (χ1v) is 9.76. The number of carbonyl (C=O) groups is 1. The maximum absolute atomic E-state index is 12.7. The van der Waals surface area contributed by atoms with Gasteiger partial charge in [0.2, 0.25) is 15.3 Å². The smallest absolute Gasteiger partial charge is 0.239 e. The number of sulfonamides is 1. The van der Waals surface area contributed by atoms with Crippen molar-refractivity contribution in [3.63, 3.8) is 0 Å². The van der Waals surface area contributed by atoms with Crippen molar-refractivity contribution in [2.75, 3.05) is 0 Å². The minimum atomic E-state index is -3.92. The number of hydrogen-bond donors (Lipinski definition) is 1. The van der Waals surface area contributed by atoms with E-state index >= 15 is 0 Å². The van der Waals surface area contributed by atoms with E-state index in [-0.39, 0.29) is 6.42 Å². The lowest BCUT2D eigenvalue weighted by Gasteiger charge is -2.20. The highest BCUT2D eigenvalue weighted by molar-refractivity contribution is 7.90. The van der Waals surface area contributed by atoms with Gasteiger partial charge in [-0.2, -0.15) is 0 Å². The van der Waals surface area contributed by atoms with Crippen LogP contribution in [0.25, 0.3) is 0 Å². The summed E-state index contributed by atoms with van der Waals surface area (Å²) in [5.41, 5.74) is 1.29. The Morgan fingerprint density at radius 3 is 2.24 bits per heavy atom. The van der Waals surface area contributed by atoms with Crippen molar-refractivity contribution in [2.24, 2.45) is 0 Å². The minimum absolute atomic E-state index is 0.160. The molecule has 4 nitrogen and oxygen atoms in total. The molecule has 7 heteroatoms. The molecule has 2 rings (SSSR count). The standard InChI is InChI=1S/C18H17Cl2NO3S/c1-2-17(14-8-10-15(19)11-9-14)25(23,24)21-16(18(20)22)12-13-6-4-3-5-7-13/h2-11,16-17,21H,1,12H2. The molecular formula is C18H17Cl2NO3S. The maximum Gasteiger partial charge on any atom is 0.239 e. The predicted octanol–water partition coefficient (Wildman–Crippen LogP) is 3.86. The molecule has 0 saturated heterocycles. The van der Waals surface area contributed by atoms with Crippen LogP contribution in [0.5, 0.6) is 0 Å². The molecule has 0 radical (unpaired) electrons. The normalized spacial score (nSPS) is 13.8. The monoisotopic (exact) mass is 397 g/mol. The third-order valence-corrected chi connectivity index (χ3v) is 5.87. The topological polar surface area (TPSA) is 63.2 Å². The van der Waals surface area contributed by atoms with Crippen LogP contribution < -0.4 is 4.72 Å². The second kappa shape index (κ2) is 8.63. The van der Waals surface area contributed by atoms with E-state index in [0.29, 0.717) is 10.6 Å². The summed E-state index contributed by atoms with van der Waals surface area (Å²) in [6.07, 6.45) is 1.46. The van der Waals surface area contributed by atoms with Gasteiger partial charge in [0.1, 0.15) is 5.25 Å². The van der Waals surface area contributed by atoms with Gasteiger partial charge in [0.15, 0.2) is 0 Å². The molecule has 0 spiro atoms. The Kier molecular flexibility index (Phi) is 6.79. The van der Waals surface area contributed by atoms with Gasteiger partial charge in [0, 0.05) is 5.02 Å². The second-order valence-electron chi connectivity index (χ2n) is 5.42. The summed E-state index contributed by atoms with van der Waals surface area (Å²) in [6.45, 7) is 3.59. The molecule has 0 aliphatic heterocycles. The molecule has 0 heterocycles. The summed E-state index contributed by atoms with van der Waals surface area (Å²) in [5.74, 6) is 0. The van der Waals surface area contributed by atoms with Crippen LogP contribution in [0.1, 0.15) is 16.4 Å². The zero-order valence-electron chi connectivity index (χ0n) is 13.2. The third-order valence-electron chi connectivity index (χ3n) is 3.61. The van der Waals surface area contributed by atoms with Gasteiger partial charge in [-0.15, -0.1) is 6.58 Å². The van der Waals surface area contributed by atoms with Crippen LogP contribution in [0.3, 0.4) is 0 Å². The Balaban J connectivity index is 2.24. The molecule has 0 fully saturated rings. The van der Waals surface area contributed by atoms with E-state index in [0.717, 1.165) is 5.56 Å². The first-order chi connectivity index (χ1) is 11.8. The predicted molar refractivity (Wildman–Crippen MR) is 101 cm³/mol. The molecule has 2 unspecified atom stereocenters. The lowest BCUT2D eigenvalue weighted by Crippen LogP contribution is -2.42. The molecule has 0 saturated carbocycles. The van der Waals surface area contributed by atoms with Crippen molar-refractivity contribution in [3.8, 4) is 0 Å². The van der Waals surface area contributed by atoms with E-state index < -0.39 is 26.6 Å². The molecule has 1 N–H and O–H groups in total. The SMILES string of the molecule is C=CC(c1ccc(Cl)cc1)S(=O)(=O)NC(Cc1ccccc1)C(=O)Cl. The van der Waals surface area contributed by atoms with E-state index in [1.54, 1.807) is 48.5 Å². The lowest BCUT2D eigenvalue weighted by molar-refractivity contribution is -0.113. The summed E-state index contributed by atoms with van der Waals surface area (Å²) in [5, 5.41) is -1.31. The summed E-state index contributed by atoms with van der Waals surface area (Å²) in [7, 11) is -3.92. The van der Waals surface area contributed by atoms with Gasteiger partial charge in [-0.05, 0) is 41.3 Å². The molecule has 132 valence electrons. The molecule has 2 aromatic carbocycles. The van der Waals surface area contributed by atoms with Crippen LogP contribution in [0.2, 0.25) is 5.02 Å². The van der Waals surface area contributed by atoms with Crippen molar-refractivity contribution in [1.29, 1.82) is 0 Å². The van der Waals surface area contributed by atoms with Crippen molar-refractivity contribution in [2.45, 2.75) is 17.7 Å². The molecule has 25 heavy (non-hydrogen) atoms. The fraction of sp³-hybridized carbons (Fsp3) is 0.167. The first kappa shape index (κ1) is 19.7. The van der Waals surface area contributed by atoms with Gasteiger partial charge >= 0.3 is 0 Å². The van der Waals surface area contributed by atoms with Crippen LogP contribution >= 0.6 is 23.2 Å². The number of benzene rings is 2. The Bertz CT molecular complexity index is 836. The van der Waals surface area contributed by atoms with E-state index in [4.69, 9.17) is 23.2 Å². The molecule has 0 bridgehead atoms. The van der Waals surface area contributed by atoms with E-state index in [2.05, 4.69) is 11.3 Å². The Morgan fingerprint density at radius 1 is 1.12 bits per heavy atom. The average molecular weight is 398 g/mol. The zero-order valence-corrected chi connectivity index (χ0v) is 15.6. The zero-order chi connectivity index (χ0) is 18.4. The molecule has 0 aliphatic rings. The summed E-state index contributed by atoms with van der Waals surface area (Å²) < 4.78 is 27.8. The molecular weight excluding hydrogens is 381 g/mol. The van der Waals surface area contributed by atoms with Gasteiger partial charge in [-0.25, -0.2) is 13.1 Å². The lowest BCUT2D eigenvalue weighted by atomic mass is 10.1. The van der Waals surface area contributed by atoms with Gasteiger partial charge in [0.25, 0.3) is 0 Å². The highest BCUT2D eigenvalue weighted by Crippen LogP contribution is 2.25. The van der Waals surface area contributed by atoms with E-state index in [1.165, 1.54) is 6.08 Å². The summed E-state index contributed by atoms with van der Waals surface area (Å²) >= 11 is 11.4. The Morgan fingerprint density at radius 2 is 1.72 bits per heavy atom. The van der Waals surface area contributed by atoms with Gasteiger partial charge < -0.3 is 0 Å². The second-order valence-corrected chi connectivity index (χ2v) is 8.06. The highest BCUT2D eigenvalue weighted by Gasteiger charge is 2.30. The Labute approximate surface area is 157 Å². The fourth-order valence-electron chi connectivity index (χ4n) is 2.38. The van der Waals surface area contributed by atoms with Crippen LogP contribution in [-0.2, 0) is 21.2 Å². The van der Waals surface area contributed by atoms with Crippen molar-refractivity contribution < 1.29 is 13.2 Å². The summed E-state index contributed by atoms with van der Waals surface area (Å²) in [6, 6.07) is 14.4.